The zero-order valence-corrected chi connectivity index (χ0v) is 32.8. The van der Waals surface area contributed by atoms with E-state index in [1.165, 1.54) is 76.4 Å². The molecule has 12 rings (SSSR count). The van der Waals surface area contributed by atoms with Crippen LogP contribution in [0.3, 0.4) is 0 Å². The van der Waals surface area contributed by atoms with E-state index in [0.29, 0.717) is 59.4 Å². The van der Waals surface area contributed by atoms with Crippen molar-refractivity contribution in [2.24, 2.45) is 58.7 Å². The summed E-state index contributed by atoms with van der Waals surface area (Å²) in [6.45, 7) is 5.12. The quantitative estimate of drug-likeness (QED) is 0.289. The first kappa shape index (κ1) is 32.9. The summed E-state index contributed by atoms with van der Waals surface area (Å²) in [5.74, 6) is 7.76. The lowest BCUT2D eigenvalue weighted by molar-refractivity contribution is 0.109. The van der Waals surface area contributed by atoms with Gasteiger partial charge in [-0.25, -0.2) is 0 Å². The number of ether oxygens (including phenoxy) is 1. The van der Waals surface area contributed by atoms with E-state index in [4.69, 9.17) is 4.74 Å². The van der Waals surface area contributed by atoms with Crippen LogP contribution in [0.5, 0.6) is 0 Å². The van der Waals surface area contributed by atoms with Crippen molar-refractivity contribution in [2.75, 3.05) is 4.90 Å². The predicted octanol–water partition coefficient (Wildman–Crippen LogP) is 12.2. The van der Waals surface area contributed by atoms with Gasteiger partial charge in [0.05, 0.1) is 5.76 Å². The Morgan fingerprint density at radius 3 is 2.61 bits per heavy atom. The van der Waals surface area contributed by atoms with Gasteiger partial charge in [0.15, 0.2) is 0 Å². The summed E-state index contributed by atoms with van der Waals surface area (Å²) in [5, 5.41) is 0. The molecule has 1 spiro atoms. The molecule has 0 N–H and O–H groups in total. The van der Waals surface area contributed by atoms with Crippen molar-refractivity contribution in [2.45, 2.75) is 127 Å². The second-order valence-electron chi connectivity index (χ2n) is 20.1. The lowest BCUT2D eigenvalue weighted by Gasteiger charge is -2.50. The van der Waals surface area contributed by atoms with Gasteiger partial charge in [-0.2, -0.15) is 0 Å². The first-order valence-corrected chi connectivity index (χ1v) is 22.6. The van der Waals surface area contributed by atoms with E-state index in [1.807, 2.05) is 5.57 Å². The monoisotopic (exact) mass is 715 g/mol. The third kappa shape index (κ3) is 4.30. The standard InChI is InChI=1S/C52H61NO/c1-51(2)39-20-8-6-18-37(39)49-43(51)24-13-25-45(49)53(46-26-14-28-48-50(46)38-19-7-12-27-47(38)54-48)32-29-30-36-35-17-5-11-23-42(35)52(44(36)31-32)40-21-9-3-15-33(40)34-16-4-10-22-41(34)52/h5-6,9,11,13-14,17-18,21-25,28-30,32-37,39-40,42,44,46,48,50H,3-4,7-8,10,12,15-16,19-20,26-27,31H2,1-2H3. The van der Waals surface area contributed by atoms with E-state index in [-0.39, 0.29) is 16.9 Å². The Labute approximate surface area is 325 Å². The first-order chi connectivity index (χ1) is 26.6. The van der Waals surface area contributed by atoms with E-state index in [2.05, 4.69) is 116 Å². The molecule has 2 fully saturated rings. The number of hydrogen-bond donors (Lipinski definition) is 0. The second kappa shape index (κ2) is 12.1. The van der Waals surface area contributed by atoms with Gasteiger partial charge in [-0.3, -0.25) is 0 Å². The van der Waals surface area contributed by atoms with Crippen LogP contribution >= 0.6 is 0 Å². The van der Waals surface area contributed by atoms with Crippen molar-refractivity contribution in [1.82, 2.24) is 0 Å². The fourth-order valence-corrected chi connectivity index (χ4v) is 16.1. The summed E-state index contributed by atoms with van der Waals surface area (Å²) in [7, 11) is 0. The third-order valence-electron chi connectivity index (χ3n) is 17.9. The van der Waals surface area contributed by atoms with Crippen LogP contribution in [0.15, 0.2) is 114 Å². The fraction of sp³-hybridized carbons (Fsp3) is 0.577. The molecule has 11 aliphatic rings. The van der Waals surface area contributed by atoms with Crippen molar-refractivity contribution in [1.29, 1.82) is 0 Å². The molecule has 54 heavy (non-hydrogen) atoms. The summed E-state index contributed by atoms with van der Waals surface area (Å²) in [4.78, 5) is 3.08. The summed E-state index contributed by atoms with van der Waals surface area (Å²) in [6, 6.07) is 8.31. The van der Waals surface area contributed by atoms with Crippen LogP contribution in [-0.2, 0) is 10.2 Å². The number of anilines is 1. The average molecular weight is 716 g/mol. The maximum atomic E-state index is 6.92. The molecule has 14 unspecified atom stereocenters. The number of rotatable bonds is 3. The van der Waals surface area contributed by atoms with Crippen LogP contribution in [0, 0.1) is 58.7 Å². The molecule has 1 aromatic rings. The fourth-order valence-electron chi connectivity index (χ4n) is 16.1. The number of hydrogen-bond acceptors (Lipinski definition) is 2. The van der Waals surface area contributed by atoms with Crippen molar-refractivity contribution >= 4 is 5.69 Å². The lowest BCUT2D eigenvalue weighted by atomic mass is 9.57. The van der Waals surface area contributed by atoms with Crippen LogP contribution in [0.2, 0.25) is 0 Å². The molecule has 1 aliphatic heterocycles. The highest BCUT2D eigenvalue weighted by Crippen LogP contribution is 2.74. The number of nitrogens with zero attached hydrogens (tertiary/aromatic N) is 1. The summed E-state index contributed by atoms with van der Waals surface area (Å²) in [6.07, 6.45) is 50.8. The Morgan fingerprint density at radius 2 is 1.65 bits per heavy atom. The number of allylic oxidation sites excluding steroid dienone is 12. The molecule has 1 heterocycles. The Balaban J connectivity index is 1.04. The molecule has 2 nitrogen and oxygen atoms in total. The van der Waals surface area contributed by atoms with Gasteiger partial charge >= 0.3 is 0 Å². The molecular weight excluding hydrogens is 655 g/mol. The Hall–Kier alpha value is -3.26. The molecule has 0 amide bonds. The van der Waals surface area contributed by atoms with Crippen LogP contribution in [-0.4, -0.2) is 18.2 Å². The van der Waals surface area contributed by atoms with E-state index >= 15 is 0 Å². The molecule has 14 atom stereocenters. The highest BCUT2D eigenvalue weighted by atomic mass is 16.5. The lowest BCUT2D eigenvalue weighted by Crippen LogP contribution is -2.53. The molecule has 0 radical (unpaired) electrons. The summed E-state index contributed by atoms with van der Waals surface area (Å²) in [5.41, 5.74) is 8.84. The molecular formula is C52H61NO. The predicted molar refractivity (Wildman–Crippen MR) is 221 cm³/mol. The highest BCUT2D eigenvalue weighted by molar-refractivity contribution is 5.67. The minimum atomic E-state index is 0.184. The van der Waals surface area contributed by atoms with Crippen LogP contribution in [0.25, 0.3) is 0 Å². The SMILES string of the molecule is CC1(C)c2cccc(N(C3C=CC4C5C=CC=CC5C5(C6=CCCCC6C6CCC=CC65)C4C3)C3CC=CC4OC5=C(CCCC5)C43)c2C2C=CCCC21. The van der Waals surface area contributed by atoms with Gasteiger partial charge in [0.25, 0.3) is 0 Å². The number of benzene rings is 1. The third-order valence-corrected chi connectivity index (χ3v) is 17.9. The largest absolute Gasteiger partial charge is 0.490 e. The molecule has 0 bridgehead atoms. The molecule has 2 saturated carbocycles. The van der Waals surface area contributed by atoms with E-state index < -0.39 is 0 Å². The maximum Gasteiger partial charge on any atom is 0.125 e. The van der Waals surface area contributed by atoms with E-state index in [1.54, 1.807) is 22.4 Å². The molecule has 2 heteroatoms. The summed E-state index contributed by atoms with van der Waals surface area (Å²) >= 11 is 0. The first-order valence-electron chi connectivity index (χ1n) is 22.6. The Bertz CT molecular complexity index is 1980. The van der Waals surface area contributed by atoms with Crippen molar-refractivity contribution in [3.63, 3.8) is 0 Å². The van der Waals surface area contributed by atoms with Crippen molar-refractivity contribution < 1.29 is 4.74 Å². The highest BCUT2D eigenvalue weighted by Gasteiger charge is 2.69. The molecule has 0 saturated heterocycles. The van der Waals surface area contributed by atoms with Gasteiger partial charge in [-0.1, -0.05) is 104 Å². The van der Waals surface area contributed by atoms with E-state index in [9.17, 15) is 0 Å². The van der Waals surface area contributed by atoms with Crippen LogP contribution in [0.4, 0.5) is 5.69 Å². The van der Waals surface area contributed by atoms with Gasteiger partial charge in [0, 0.05) is 41.4 Å². The van der Waals surface area contributed by atoms with Crippen LogP contribution < -0.4 is 4.90 Å². The minimum Gasteiger partial charge on any atom is -0.490 e. The van der Waals surface area contributed by atoms with Gasteiger partial charge in [0.2, 0.25) is 0 Å². The normalized spacial score (nSPS) is 45.1. The number of fused-ring (bicyclic) bond motifs is 15. The topological polar surface area (TPSA) is 12.5 Å². The summed E-state index contributed by atoms with van der Waals surface area (Å²) < 4.78 is 6.92. The van der Waals surface area contributed by atoms with Gasteiger partial charge in [-0.05, 0) is 159 Å². The van der Waals surface area contributed by atoms with Crippen molar-refractivity contribution in [3.05, 3.63) is 125 Å². The van der Waals surface area contributed by atoms with Gasteiger partial charge < -0.3 is 9.64 Å². The average Bonchev–Trinajstić information content (AvgIpc) is 3.91. The van der Waals surface area contributed by atoms with Crippen molar-refractivity contribution in [3.8, 4) is 0 Å². The molecule has 10 aliphatic carbocycles. The molecule has 280 valence electrons. The zero-order valence-electron chi connectivity index (χ0n) is 32.8. The van der Waals surface area contributed by atoms with E-state index in [0.717, 1.165) is 24.7 Å². The molecule has 0 aromatic heterocycles. The Morgan fingerprint density at radius 1 is 0.759 bits per heavy atom. The molecule has 1 aromatic carbocycles. The minimum absolute atomic E-state index is 0.184. The van der Waals surface area contributed by atoms with Gasteiger partial charge in [0.1, 0.15) is 6.10 Å². The second-order valence-corrected chi connectivity index (χ2v) is 20.1. The Kier molecular flexibility index (Phi) is 7.39. The van der Waals surface area contributed by atoms with Gasteiger partial charge in [-0.15, -0.1) is 0 Å². The maximum absolute atomic E-state index is 6.92. The van der Waals surface area contributed by atoms with Crippen LogP contribution in [0.1, 0.15) is 114 Å². The zero-order chi connectivity index (χ0) is 35.8. The smallest absolute Gasteiger partial charge is 0.125 e.